The molecule has 210 valence electrons. The molecule has 2 unspecified atom stereocenters. The molecule has 0 bridgehead atoms. The molecule has 0 spiro atoms. The van der Waals surface area contributed by atoms with E-state index in [2.05, 4.69) is 5.32 Å². The van der Waals surface area contributed by atoms with Gasteiger partial charge in [-0.3, -0.25) is 13.9 Å². The molecule has 2 rings (SSSR count). The van der Waals surface area contributed by atoms with Crippen LogP contribution < -0.4 is 19.1 Å². The third-order valence-electron chi connectivity index (χ3n) is 6.11. The minimum Gasteiger partial charge on any atom is -0.497 e. The van der Waals surface area contributed by atoms with E-state index in [1.54, 1.807) is 31.2 Å². The predicted molar refractivity (Wildman–Crippen MR) is 151 cm³/mol. The Bertz CT molecular complexity index is 1220. The first kappa shape index (κ1) is 31.5. The van der Waals surface area contributed by atoms with Crippen LogP contribution in [0.5, 0.6) is 11.5 Å². The first-order chi connectivity index (χ1) is 17.9. The van der Waals surface area contributed by atoms with Crippen LogP contribution in [0.15, 0.2) is 36.4 Å². The van der Waals surface area contributed by atoms with E-state index in [1.807, 2.05) is 13.8 Å². The van der Waals surface area contributed by atoms with Crippen molar-refractivity contribution in [3.63, 3.8) is 0 Å². The molecule has 0 aromatic heterocycles. The van der Waals surface area contributed by atoms with Crippen molar-refractivity contribution >= 4 is 50.7 Å². The van der Waals surface area contributed by atoms with Crippen molar-refractivity contribution in [3.8, 4) is 11.5 Å². The molecule has 0 fully saturated rings. The molecule has 0 saturated carbocycles. The summed E-state index contributed by atoms with van der Waals surface area (Å²) < 4.78 is 37.3. The van der Waals surface area contributed by atoms with E-state index in [0.717, 1.165) is 10.6 Å². The Labute approximate surface area is 235 Å². The van der Waals surface area contributed by atoms with Gasteiger partial charge in [-0.1, -0.05) is 43.1 Å². The first-order valence-corrected chi connectivity index (χ1v) is 14.7. The summed E-state index contributed by atoms with van der Waals surface area (Å²) in [5, 5.41) is 3.56. The van der Waals surface area contributed by atoms with Gasteiger partial charge in [-0.25, -0.2) is 8.42 Å². The van der Waals surface area contributed by atoms with Crippen LogP contribution in [0.4, 0.5) is 5.69 Å². The summed E-state index contributed by atoms with van der Waals surface area (Å²) in [5.41, 5.74) is 0.601. The molecular weight excluding hydrogens is 553 g/mol. The zero-order valence-corrected chi connectivity index (χ0v) is 24.8. The lowest BCUT2D eigenvalue weighted by atomic mass is 10.1. The van der Waals surface area contributed by atoms with Crippen molar-refractivity contribution < 1.29 is 27.5 Å². The molecule has 12 heteroatoms. The molecule has 0 radical (unpaired) electrons. The predicted octanol–water partition coefficient (Wildman–Crippen LogP) is 4.50. The Hall–Kier alpha value is -2.69. The lowest BCUT2D eigenvalue weighted by Crippen LogP contribution is -2.53. The van der Waals surface area contributed by atoms with Crippen LogP contribution in [0.1, 0.15) is 39.2 Å². The zero-order chi connectivity index (χ0) is 28.6. The second-order valence-electron chi connectivity index (χ2n) is 8.77. The summed E-state index contributed by atoms with van der Waals surface area (Å²) in [7, 11) is -1.09. The van der Waals surface area contributed by atoms with Crippen molar-refractivity contribution in [1.29, 1.82) is 0 Å². The fourth-order valence-corrected chi connectivity index (χ4v) is 5.17. The standard InChI is InChI=1S/C26H35Cl2N3O6S/c1-7-17(3)29-26(33)22(8-2)30(15-19-20(27)10-9-11-21(19)28)25(32)16-31(38(6,34)35)23-13-12-18(36-4)14-24(23)37-5/h9-14,17,22H,7-8,15-16H2,1-6H3,(H,29,33). The van der Waals surface area contributed by atoms with Gasteiger partial charge in [-0.15, -0.1) is 0 Å². The van der Waals surface area contributed by atoms with Crippen LogP contribution in [0.3, 0.4) is 0 Å². The lowest BCUT2D eigenvalue weighted by molar-refractivity contribution is -0.140. The summed E-state index contributed by atoms with van der Waals surface area (Å²) in [5.74, 6) is -0.320. The molecule has 2 aromatic rings. The number of halogens is 2. The van der Waals surface area contributed by atoms with Crippen LogP contribution in [0.2, 0.25) is 10.0 Å². The van der Waals surface area contributed by atoms with E-state index in [9.17, 15) is 18.0 Å². The maximum absolute atomic E-state index is 13.9. The average Bonchev–Trinajstić information content (AvgIpc) is 2.87. The Balaban J connectivity index is 2.57. The summed E-state index contributed by atoms with van der Waals surface area (Å²) >= 11 is 12.8. The van der Waals surface area contributed by atoms with Crippen molar-refractivity contribution in [2.24, 2.45) is 0 Å². The molecule has 1 N–H and O–H groups in total. The number of methoxy groups -OCH3 is 2. The molecular formula is C26H35Cl2N3O6S. The smallest absolute Gasteiger partial charge is 0.244 e. The molecule has 9 nitrogen and oxygen atoms in total. The van der Waals surface area contributed by atoms with Crippen LogP contribution >= 0.6 is 23.2 Å². The van der Waals surface area contributed by atoms with Gasteiger partial charge >= 0.3 is 0 Å². The van der Waals surface area contributed by atoms with Gasteiger partial charge in [0.15, 0.2) is 0 Å². The summed E-state index contributed by atoms with van der Waals surface area (Å²) in [4.78, 5) is 28.4. The fraction of sp³-hybridized carbons (Fsp3) is 0.462. The maximum atomic E-state index is 13.9. The van der Waals surface area contributed by atoms with Gasteiger partial charge in [0.05, 0.1) is 26.2 Å². The van der Waals surface area contributed by atoms with Gasteiger partial charge in [0.2, 0.25) is 21.8 Å². The van der Waals surface area contributed by atoms with Gasteiger partial charge in [0, 0.05) is 34.3 Å². The molecule has 0 heterocycles. The number of carbonyl (C=O) groups is 2. The molecule has 0 aliphatic heterocycles. The van der Waals surface area contributed by atoms with Crippen LogP contribution in [-0.4, -0.2) is 64.2 Å². The quantitative estimate of drug-likeness (QED) is 0.370. The van der Waals surface area contributed by atoms with Gasteiger partial charge in [0.25, 0.3) is 0 Å². The van der Waals surface area contributed by atoms with Crippen molar-refractivity contribution in [2.75, 3.05) is 31.3 Å². The Kier molecular flexibility index (Phi) is 11.5. The maximum Gasteiger partial charge on any atom is 0.244 e. The second-order valence-corrected chi connectivity index (χ2v) is 11.5. The average molecular weight is 589 g/mol. The Morgan fingerprint density at radius 1 is 1.03 bits per heavy atom. The lowest BCUT2D eigenvalue weighted by Gasteiger charge is -2.34. The number of hydrogen-bond acceptors (Lipinski definition) is 6. The van der Waals surface area contributed by atoms with Crippen LogP contribution in [0.25, 0.3) is 0 Å². The number of ether oxygens (including phenoxy) is 2. The highest BCUT2D eigenvalue weighted by Crippen LogP contribution is 2.34. The van der Waals surface area contributed by atoms with E-state index in [4.69, 9.17) is 32.7 Å². The number of nitrogens with zero attached hydrogens (tertiary/aromatic N) is 2. The Morgan fingerprint density at radius 3 is 2.16 bits per heavy atom. The number of sulfonamides is 1. The normalized spacial score (nSPS) is 12.8. The van der Waals surface area contributed by atoms with Crippen molar-refractivity contribution in [2.45, 2.75) is 52.2 Å². The largest absolute Gasteiger partial charge is 0.497 e. The third kappa shape index (κ3) is 7.91. The number of hydrogen-bond donors (Lipinski definition) is 1. The molecule has 2 amide bonds. The van der Waals surface area contributed by atoms with Crippen LogP contribution in [0, 0.1) is 0 Å². The number of anilines is 1. The topological polar surface area (TPSA) is 105 Å². The van der Waals surface area contributed by atoms with Gasteiger partial charge in [0.1, 0.15) is 24.1 Å². The molecule has 0 saturated heterocycles. The molecule has 38 heavy (non-hydrogen) atoms. The van der Waals surface area contributed by atoms with Crippen molar-refractivity contribution in [3.05, 3.63) is 52.0 Å². The Morgan fingerprint density at radius 2 is 1.66 bits per heavy atom. The van der Waals surface area contributed by atoms with E-state index in [1.165, 1.54) is 31.3 Å². The summed E-state index contributed by atoms with van der Waals surface area (Å²) in [6, 6.07) is 8.51. The highest BCUT2D eigenvalue weighted by molar-refractivity contribution is 7.92. The third-order valence-corrected chi connectivity index (χ3v) is 7.95. The van der Waals surface area contributed by atoms with Gasteiger partial charge in [-0.05, 0) is 44.0 Å². The minimum atomic E-state index is -3.95. The SMILES string of the molecule is CCC(C)NC(=O)C(CC)N(Cc1c(Cl)cccc1Cl)C(=O)CN(c1ccc(OC)cc1OC)S(C)(=O)=O. The summed E-state index contributed by atoms with van der Waals surface area (Å²) in [6.45, 7) is 4.89. The van der Waals surface area contributed by atoms with Gasteiger partial charge in [-0.2, -0.15) is 0 Å². The zero-order valence-electron chi connectivity index (χ0n) is 22.5. The highest BCUT2D eigenvalue weighted by atomic mass is 35.5. The number of carbonyl (C=O) groups excluding carboxylic acids is 2. The number of amides is 2. The number of rotatable bonds is 13. The van der Waals surface area contributed by atoms with Crippen LogP contribution in [-0.2, 0) is 26.2 Å². The first-order valence-electron chi connectivity index (χ1n) is 12.1. The van der Waals surface area contributed by atoms with Crippen molar-refractivity contribution in [1.82, 2.24) is 10.2 Å². The van der Waals surface area contributed by atoms with E-state index in [0.29, 0.717) is 27.8 Å². The van der Waals surface area contributed by atoms with E-state index < -0.39 is 28.5 Å². The molecule has 2 atom stereocenters. The number of nitrogens with one attached hydrogen (secondary N) is 1. The number of benzene rings is 2. The summed E-state index contributed by atoms with van der Waals surface area (Å²) in [6.07, 6.45) is 1.97. The second kappa shape index (κ2) is 13.9. The minimum absolute atomic E-state index is 0.0961. The highest BCUT2D eigenvalue weighted by Gasteiger charge is 2.33. The monoisotopic (exact) mass is 587 g/mol. The van der Waals surface area contributed by atoms with Gasteiger partial charge < -0.3 is 19.7 Å². The molecule has 0 aliphatic carbocycles. The molecule has 0 aliphatic rings. The van der Waals surface area contributed by atoms with E-state index >= 15 is 0 Å². The fourth-order valence-electron chi connectivity index (χ4n) is 3.80. The van der Waals surface area contributed by atoms with E-state index in [-0.39, 0.29) is 36.4 Å². The molecule has 2 aromatic carbocycles.